The molecule has 0 aromatic heterocycles. The molecule has 0 radical (unpaired) electrons. The average molecular weight is 320 g/mol. The van der Waals surface area contributed by atoms with E-state index in [0.717, 1.165) is 23.7 Å². The molecule has 5 rings (SSSR count). The van der Waals surface area contributed by atoms with Crippen LogP contribution in [0.15, 0.2) is 30.3 Å². The third-order valence-corrected chi connectivity index (χ3v) is 6.82. The Morgan fingerprint density at radius 2 is 1.73 bits per heavy atom. The summed E-state index contributed by atoms with van der Waals surface area (Å²) in [4.78, 5) is 0. The van der Waals surface area contributed by atoms with E-state index < -0.39 is 0 Å². The minimum Gasteiger partial charge on any atom is -0.317 e. The highest BCUT2D eigenvalue weighted by molar-refractivity contribution is 5.85. The van der Waals surface area contributed by atoms with Crippen molar-refractivity contribution in [3.8, 4) is 0 Å². The van der Waals surface area contributed by atoms with Crippen LogP contribution >= 0.6 is 12.4 Å². The molecule has 0 spiro atoms. The van der Waals surface area contributed by atoms with Gasteiger partial charge >= 0.3 is 0 Å². The zero-order valence-corrected chi connectivity index (χ0v) is 14.7. The second kappa shape index (κ2) is 6.17. The van der Waals surface area contributed by atoms with E-state index >= 15 is 0 Å². The van der Waals surface area contributed by atoms with Crippen LogP contribution in [0.4, 0.5) is 0 Å². The van der Waals surface area contributed by atoms with Crippen LogP contribution in [-0.2, 0) is 0 Å². The summed E-state index contributed by atoms with van der Waals surface area (Å²) in [6, 6.07) is 12.1. The van der Waals surface area contributed by atoms with Gasteiger partial charge in [0.15, 0.2) is 0 Å². The normalized spacial score (nSPS) is 40.3. The summed E-state index contributed by atoms with van der Waals surface area (Å²) in [5.74, 6) is 3.85. The first-order chi connectivity index (χ1) is 10.2. The maximum absolute atomic E-state index is 3.51. The van der Waals surface area contributed by atoms with Crippen LogP contribution in [0.25, 0.3) is 0 Å². The monoisotopic (exact) mass is 319 g/mol. The summed E-state index contributed by atoms with van der Waals surface area (Å²) in [5, 5.41) is 3.51. The summed E-state index contributed by atoms with van der Waals surface area (Å²) in [7, 11) is 2.13. The SMILES string of the molecule is CNC(C)CC12C[C@@H]3CC(C[C@@H](C3)C1)C2c1ccccc1.Cl. The van der Waals surface area contributed by atoms with Gasteiger partial charge in [0.2, 0.25) is 0 Å². The molecular formula is C20H30ClN. The highest BCUT2D eigenvalue weighted by Crippen LogP contribution is 2.67. The third kappa shape index (κ3) is 2.61. The smallest absolute Gasteiger partial charge is 0.00412 e. The molecule has 0 amide bonds. The molecule has 6 atom stereocenters. The lowest BCUT2D eigenvalue weighted by molar-refractivity contribution is -0.0835. The van der Waals surface area contributed by atoms with Crippen molar-refractivity contribution in [1.29, 1.82) is 0 Å². The molecule has 0 aliphatic heterocycles. The molecule has 4 bridgehead atoms. The molecule has 122 valence electrons. The highest BCUT2D eigenvalue weighted by atomic mass is 35.5. The lowest BCUT2D eigenvalue weighted by Crippen LogP contribution is -2.53. The van der Waals surface area contributed by atoms with Gasteiger partial charge < -0.3 is 5.32 Å². The zero-order valence-electron chi connectivity index (χ0n) is 13.9. The van der Waals surface area contributed by atoms with E-state index in [4.69, 9.17) is 0 Å². The van der Waals surface area contributed by atoms with E-state index in [1.165, 1.54) is 38.5 Å². The van der Waals surface area contributed by atoms with Crippen molar-refractivity contribution < 1.29 is 0 Å². The fraction of sp³-hybridized carbons (Fsp3) is 0.700. The minimum atomic E-state index is 0. The van der Waals surface area contributed by atoms with E-state index in [1.807, 2.05) is 0 Å². The number of benzene rings is 1. The molecule has 0 saturated heterocycles. The Bertz CT molecular complexity index is 486. The van der Waals surface area contributed by atoms with Crippen LogP contribution in [0.5, 0.6) is 0 Å². The van der Waals surface area contributed by atoms with Gasteiger partial charge in [0.1, 0.15) is 0 Å². The Morgan fingerprint density at radius 1 is 1.09 bits per heavy atom. The molecule has 4 aliphatic rings. The molecule has 4 saturated carbocycles. The summed E-state index contributed by atoms with van der Waals surface area (Å²) in [6.07, 6.45) is 8.90. The standard InChI is InChI=1S/C20H29N.ClH/c1-14(21-2)11-20-12-15-8-16(13-20)10-18(9-15)19(20)17-6-4-3-5-7-17;/h3-7,14-16,18-19,21H,8-13H2,1-2H3;1H/t14?,15-,16+,18?,19?,20?;. The largest absolute Gasteiger partial charge is 0.317 e. The van der Waals surface area contributed by atoms with E-state index in [-0.39, 0.29) is 12.4 Å². The Labute approximate surface area is 141 Å². The summed E-state index contributed by atoms with van der Waals surface area (Å²) < 4.78 is 0. The van der Waals surface area contributed by atoms with Crippen molar-refractivity contribution in [2.45, 2.75) is 57.4 Å². The Morgan fingerprint density at radius 3 is 2.32 bits per heavy atom. The van der Waals surface area contributed by atoms with Crippen LogP contribution in [0.3, 0.4) is 0 Å². The van der Waals surface area contributed by atoms with Gasteiger partial charge in [-0.25, -0.2) is 0 Å². The molecular weight excluding hydrogens is 290 g/mol. The number of hydrogen-bond acceptors (Lipinski definition) is 1. The van der Waals surface area contributed by atoms with Crippen LogP contribution in [0.1, 0.15) is 56.9 Å². The first-order valence-electron chi connectivity index (χ1n) is 8.92. The molecule has 4 aliphatic carbocycles. The van der Waals surface area contributed by atoms with Gasteiger partial charge in [-0.1, -0.05) is 30.3 Å². The van der Waals surface area contributed by atoms with Gasteiger partial charge in [0.05, 0.1) is 0 Å². The average Bonchev–Trinajstić information content (AvgIpc) is 2.46. The fourth-order valence-corrected chi connectivity index (χ4v) is 6.50. The van der Waals surface area contributed by atoms with Crippen molar-refractivity contribution in [2.75, 3.05) is 7.05 Å². The molecule has 2 heteroatoms. The van der Waals surface area contributed by atoms with Crippen LogP contribution < -0.4 is 5.32 Å². The molecule has 1 aromatic carbocycles. The number of halogens is 1. The molecule has 1 N–H and O–H groups in total. The zero-order chi connectivity index (χ0) is 14.4. The molecule has 22 heavy (non-hydrogen) atoms. The van der Waals surface area contributed by atoms with Gasteiger partial charge in [0, 0.05) is 6.04 Å². The minimum absolute atomic E-state index is 0. The molecule has 1 nitrogen and oxygen atoms in total. The van der Waals surface area contributed by atoms with E-state index in [9.17, 15) is 0 Å². The second-order valence-electron chi connectivity index (χ2n) is 8.25. The number of rotatable bonds is 4. The summed E-state index contributed by atoms with van der Waals surface area (Å²) >= 11 is 0. The fourth-order valence-electron chi connectivity index (χ4n) is 6.50. The Balaban J connectivity index is 0.00000144. The maximum atomic E-state index is 3.51. The van der Waals surface area contributed by atoms with Gasteiger partial charge in [-0.15, -0.1) is 12.4 Å². The van der Waals surface area contributed by atoms with Crippen molar-refractivity contribution >= 4 is 12.4 Å². The maximum Gasteiger partial charge on any atom is 0.00412 e. The van der Waals surface area contributed by atoms with Crippen molar-refractivity contribution in [1.82, 2.24) is 5.32 Å². The lowest BCUT2D eigenvalue weighted by Gasteiger charge is -2.62. The Hall–Kier alpha value is -0.530. The van der Waals surface area contributed by atoms with Crippen molar-refractivity contribution in [2.24, 2.45) is 23.2 Å². The topological polar surface area (TPSA) is 12.0 Å². The van der Waals surface area contributed by atoms with Gasteiger partial charge in [-0.3, -0.25) is 0 Å². The van der Waals surface area contributed by atoms with Crippen LogP contribution in [0.2, 0.25) is 0 Å². The molecule has 1 aromatic rings. The summed E-state index contributed by atoms with van der Waals surface area (Å²) in [5.41, 5.74) is 2.21. The molecule has 4 fully saturated rings. The third-order valence-electron chi connectivity index (χ3n) is 6.82. The van der Waals surface area contributed by atoms with E-state index in [2.05, 4.69) is 49.6 Å². The van der Waals surface area contributed by atoms with Crippen LogP contribution in [-0.4, -0.2) is 13.1 Å². The molecule has 0 heterocycles. The number of nitrogens with one attached hydrogen (secondary N) is 1. The first-order valence-corrected chi connectivity index (χ1v) is 8.92. The predicted molar refractivity (Wildman–Crippen MR) is 95.6 cm³/mol. The number of hydrogen-bond donors (Lipinski definition) is 1. The predicted octanol–water partition coefficient (Wildman–Crippen LogP) is 5.02. The van der Waals surface area contributed by atoms with E-state index in [1.54, 1.807) is 5.56 Å². The lowest BCUT2D eigenvalue weighted by atomic mass is 9.43. The van der Waals surface area contributed by atoms with Crippen molar-refractivity contribution in [3.63, 3.8) is 0 Å². The van der Waals surface area contributed by atoms with Gasteiger partial charge in [-0.2, -0.15) is 0 Å². The van der Waals surface area contributed by atoms with E-state index in [0.29, 0.717) is 11.5 Å². The summed E-state index contributed by atoms with van der Waals surface area (Å²) in [6.45, 7) is 2.38. The second-order valence-corrected chi connectivity index (χ2v) is 8.25. The highest BCUT2D eigenvalue weighted by Gasteiger charge is 2.57. The molecule has 4 unspecified atom stereocenters. The first kappa shape index (κ1) is 16.3. The quantitative estimate of drug-likeness (QED) is 0.822. The van der Waals surface area contributed by atoms with Crippen LogP contribution in [0, 0.1) is 23.2 Å². The van der Waals surface area contributed by atoms with Gasteiger partial charge in [0.25, 0.3) is 0 Å². The van der Waals surface area contributed by atoms with Crippen molar-refractivity contribution in [3.05, 3.63) is 35.9 Å². The van der Waals surface area contributed by atoms with Gasteiger partial charge in [-0.05, 0) is 87.1 Å². The Kier molecular flexibility index (Phi) is 4.58.